The lowest BCUT2D eigenvalue weighted by molar-refractivity contribution is -0.141. The minimum absolute atomic E-state index is 0.282. The number of carbonyl (C=O) groups is 2. The number of rotatable bonds is 18. The fourth-order valence-electron chi connectivity index (χ4n) is 2.77. The Morgan fingerprint density at radius 2 is 1.07 bits per heavy atom. The fraction of sp³-hybridized carbons (Fsp3) is 0.826. The second kappa shape index (κ2) is 19.4. The molecule has 0 spiro atoms. The number of hydrogen-bond acceptors (Lipinski definition) is 4. The summed E-state index contributed by atoms with van der Waals surface area (Å²) in [7, 11) is 0. The van der Waals surface area contributed by atoms with Crippen LogP contribution in [0.15, 0.2) is 12.2 Å². The van der Waals surface area contributed by atoms with E-state index in [2.05, 4.69) is 6.92 Å². The quantitative estimate of drug-likeness (QED) is 0.157. The largest absolute Gasteiger partial charge is 0.463 e. The van der Waals surface area contributed by atoms with Crippen LogP contribution >= 0.6 is 0 Å². The maximum atomic E-state index is 11.5. The second-order valence-electron chi connectivity index (χ2n) is 7.77. The average molecular weight is 383 g/mol. The monoisotopic (exact) mass is 382 g/mol. The minimum Gasteiger partial charge on any atom is -0.463 e. The van der Waals surface area contributed by atoms with Gasteiger partial charge in [-0.25, -0.2) is 9.59 Å². The van der Waals surface area contributed by atoms with Crippen molar-refractivity contribution in [1.29, 1.82) is 0 Å². The van der Waals surface area contributed by atoms with Crippen LogP contribution < -0.4 is 0 Å². The third-order valence-corrected chi connectivity index (χ3v) is 4.41. The van der Waals surface area contributed by atoms with Crippen molar-refractivity contribution in [3.8, 4) is 0 Å². The van der Waals surface area contributed by atoms with Gasteiger partial charge in [0.25, 0.3) is 0 Å². The van der Waals surface area contributed by atoms with Gasteiger partial charge in [0.05, 0.1) is 13.2 Å². The molecule has 0 aliphatic rings. The van der Waals surface area contributed by atoms with Crippen LogP contribution in [0.5, 0.6) is 0 Å². The van der Waals surface area contributed by atoms with Crippen LogP contribution in [0.1, 0.15) is 104 Å². The Kier molecular flexibility index (Phi) is 18.5. The van der Waals surface area contributed by atoms with Crippen molar-refractivity contribution in [2.75, 3.05) is 13.2 Å². The molecule has 0 atom stereocenters. The van der Waals surface area contributed by atoms with Gasteiger partial charge in [-0.3, -0.25) is 0 Å². The highest BCUT2D eigenvalue weighted by Gasteiger charge is 2.02. The Balaban J connectivity index is 3.34. The van der Waals surface area contributed by atoms with Gasteiger partial charge in [-0.05, 0) is 12.3 Å². The molecule has 0 aliphatic heterocycles. The molecule has 0 bridgehead atoms. The summed E-state index contributed by atoms with van der Waals surface area (Å²) in [5.74, 6) is -0.693. The van der Waals surface area contributed by atoms with Gasteiger partial charge in [0.2, 0.25) is 0 Å². The first-order valence-electron chi connectivity index (χ1n) is 11.1. The van der Waals surface area contributed by atoms with Crippen LogP contribution in [0.2, 0.25) is 0 Å². The highest BCUT2D eigenvalue weighted by Crippen LogP contribution is 2.12. The van der Waals surface area contributed by atoms with E-state index in [1.165, 1.54) is 70.6 Å². The molecule has 0 aromatic carbocycles. The van der Waals surface area contributed by atoms with Gasteiger partial charge in [0.1, 0.15) is 0 Å². The predicted octanol–water partition coefficient (Wildman–Crippen LogP) is 6.38. The second-order valence-corrected chi connectivity index (χ2v) is 7.77. The van der Waals surface area contributed by atoms with E-state index in [4.69, 9.17) is 9.47 Å². The molecule has 0 amide bonds. The van der Waals surface area contributed by atoms with Crippen molar-refractivity contribution < 1.29 is 19.1 Å². The summed E-state index contributed by atoms with van der Waals surface area (Å²) in [4.78, 5) is 22.8. The number of carbonyl (C=O) groups excluding carboxylic acids is 2. The van der Waals surface area contributed by atoms with Gasteiger partial charge >= 0.3 is 11.9 Å². The highest BCUT2D eigenvalue weighted by molar-refractivity contribution is 5.91. The molecule has 4 heteroatoms. The SMILES string of the molecule is CCCCCCCCCCCCCCCOC(=O)/C=C/C(=O)OCC(C)C. The van der Waals surface area contributed by atoms with Crippen molar-refractivity contribution >= 4 is 11.9 Å². The van der Waals surface area contributed by atoms with E-state index >= 15 is 0 Å². The Labute approximate surface area is 167 Å². The molecule has 0 rings (SSSR count). The molecule has 27 heavy (non-hydrogen) atoms. The molecule has 0 heterocycles. The van der Waals surface area contributed by atoms with Crippen molar-refractivity contribution in [2.24, 2.45) is 5.92 Å². The van der Waals surface area contributed by atoms with Crippen molar-refractivity contribution in [2.45, 2.75) is 104 Å². The number of hydrogen-bond donors (Lipinski definition) is 0. The van der Waals surface area contributed by atoms with E-state index in [0.717, 1.165) is 25.0 Å². The summed E-state index contributed by atoms with van der Waals surface area (Å²) >= 11 is 0. The van der Waals surface area contributed by atoms with E-state index in [0.29, 0.717) is 13.2 Å². The Morgan fingerprint density at radius 1 is 0.667 bits per heavy atom. The zero-order valence-electron chi connectivity index (χ0n) is 18.0. The molecule has 0 fully saturated rings. The Bertz CT molecular complexity index is 388. The van der Waals surface area contributed by atoms with Gasteiger partial charge in [-0.15, -0.1) is 0 Å². The van der Waals surface area contributed by atoms with Gasteiger partial charge < -0.3 is 9.47 Å². The van der Waals surface area contributed by atoms with Gasteiger partial charge in [0.15, 0.2) is 0 Å². The van der Waals surface area contributed by atoms with E-state index < -0.39 is 11.9 Å². The molecular weight excluding hydrogens is 340 g/mol. The van der Waals surface area contributed by atoms with Crippen LogP contribution in [0.3, 0.4) is 0 Å². The van der Waals surface area contributed by atoms with Gasteiger partial charge in [0, 0.05) is 12.2 Å². The molecule has 0 aliphatic carbocycles. The van der Waals surface area contributed by atoms with Crippen molar-refractivity contribution in [1.82, 2.24) is 0 Å². The molecule has 0 aromatic rings. The first kappa shape index (κ1) is 25.7. The van der Waals surface area contributed by atoms with E-state index in [-0.39, 0.29) is 5.92 Å². The van der Waals surface area contributed by atoms with Crippen LogP contribution in [-0.2, 0) is 19.1 Å². The van der Waals surface area contributed by atoms with Crippen LogP contribution in [0, 0.1) is 5.92 Å². The first-order valence-corrected chi connectivity index (χ1v) is 11.1. The van der Waals surface area contributed by atoms with Crippen LogP contribution in [-0.4, -0.2) is 25.2 Å². The van der Waals surface area contributed by atoms with Gasteiger partial charge in [-0.2, -0.15) is 0 Å². The summed E-state index contributed by atoms with van der Waals surface area (Å²) in [6, 6.07) is 0. The Hall–Kier alpha value is -1.32. The zero-order chi connectivity index (χ0) is 20.2. The van der Waals surface area contributed by atoms with E-state index in [9.17, 15) is 9.59 Å². The molecular formula is C23H42O4. The summed E-state index contributed by atoms with van der Waals surface area (Å²) in [6.45, 7) is 6.95. The highest BCUT2D eigenvalue weighted by atomic mass is 16.5. The fourth-order valence-corrected chi connectivity index (χ4v) is 2.77. The lowest BCUT2D eigenvalue weighted by Gasteiger charge is -2.04. The van der Waals surface area contributed by atoms with Gasteiger partial charge in [-0.1, -0.05) is 97.8 Å². The number of unbranched alkanes of at least 4 members (excludes halogenated alkanes) is 12. The molecule has 0 saturated carbocycles. The lowest BCUT2D eigenvalue weighted by Crippen LogP contribution is -2.08. The third-order valence-electron chi connectivity index (χ3n) is 4.41. The third kappa shape index (κ3) is 20.8. The molecule has 0 radical (unpaired) electrons. The molecule has 0 N–H and O–H groups in total. The standard InChI is InChI=1S/C23H42O4/c1-4-5-6-7-8-9-10-11-12-13-14-15-16-19-26-22(24)17-18-23(25)27-20-21(2)3/h17-18,21H,4-16,19-20H2,1-3H3/b18-17+. The van der Waals surface area contributed by atoms with Crippen LogP contribution in [0.25, 0.3) is 0 Å². The lowest BCUT2D eigenvalue weighted by atomic mass is 10.0. The normalized spacial score (nSPS) is 11.3. The molecule has 4 nitrogen and oxygen atoms in total. The molecule has 0 saturated heterocycles. The molecule has 0 unspecified atom stereocenters. The minimum atomic E-state index is -0.499. The maximum Gasteiger partial charge on any atom is 0.331 e. The van der Waals surface area contributed by atoms with E-state index in [1.807, 2.05) is 13.8 Å². The maximum absolute atomic E-state index is 11.5. The predicted molar refractivity (Wildman–Crippen MR) is 112 cm³/mol. The summed E-state index contributed by atoms with van der Waals surface area (Å²) in [5, 5.41) is 0. The van der Waals surface area contributed by atoms with Crippen LogP contribution in [0.4, 0.5) is 0 Å². The van der Waals surface area contributed by atoms with Crippen molar-refractivity contribution in [3.05, 3.63) is 12.2 Å². The zero-order valence-corrected chi connectivity index (χ0v) is 18.0. The number of ether oxygens (including phenoxy) is 2. The molecule has 0 aromatic heterocycles. The van der Waals surface area contributed by atoms with E-state index in [1.54, 1.807) is 0 Å². The first-order chi connectivity index (χ1) is 13.1. The topological polar surface area (TPSA) is 52.6 Å². The average Bonchev–Trinajstić information content (AvgIpc) is 2.64. The summed E-state index contributed by atoms with van der Waals surface area (Å²) in [6.07, 6.45) is 19.1. The van der Waals surface area contributed by atoms with Crippen molar-refractivity contribution in [3.63, 3.8) is 0 Å². The summed E-state index contributed by atoms with van der Waals surface area (Å²) < 4.78 is 10.0. The Morgan fingerprint density at radius 3 is 1.52 bits per heavy atom. The summed E-state index contributed by atoms with van der Waals surface area (Å²) in [5.41, 5.74) is 0. The molecule has 158 valence electrons. The smallest absolute Gasteiger partial charge is 0.331 e. The number of esters is 2.